The summed E-state index contributed by atoms with van der Waals surface area (Å²) in [4.78, 5) is 2.51. The molecule has 1 fully saturated rings. The first kappa shape index (κ1) is 14.6. The van der Waals surface area contributed by atoms with E-state index in [0.717, 1.165) is 44.2 Å². The molecule has 0 atom stereocenters. The van der Waals surface area contributed by atoms with E-state index in [4.69, 9.17) is 4.42 Å². The highest BCUT2D eigenvalue weighted by Crippen LogP contribution is 2.24. The Kier molecular flexibility index (Phi) is 5.02. The van der Waals surface area contributed by atoms with Gasteiger partial charge in [-0.05, 0) is 19.1 Å². The topological polar surface area (TPSA) is 40.4 Å². The maximum Gasteiger partial charge on any atom is 0.111 e. The van der Waals surface area contributed by atoms with Crippen molar-refractivity contribution in [3.05, 3.63) is 23.7 Å². The molecule has 2 rings (SSSR count). The lowest BCUT2D eigenvalue weighted by Gasteiger charge is -2.28. The zero-order chi connectivity index (χ0) is 13.7. The molecule has 0 saturated carbocycles. The summed E-state index contributed by atoms with van der Waals surface area (Å²) in [6.45, 7) is 14.2. The minimum absolute atomic E-state index is 0.0533. The summed E-state index contributed by atoms with van der Waals surface area (Å²) in [7, 11) is 0. The zero-order valence-corrected chi connectivity index (χ0v) is 12.5. The molecular weight excluding hydrogens is 238 g/mol. The van der Waals surface area contributed by atoms with Crippen LogP contribution in [0, 0.1) is 6.92 Å². The summed E-state index contributed by atoms with van der Waals surface area (Å²) in [5, 5.41) is 6.94. The Morgan fingerprint density at radius 2 is 2.05 bits per heavy atom. The third-order valence-electron chi connectivity index (χ3n) is 3.79. The first-order chi connectivity index (χ1) is 9.08. The van der Waals surface area contributed by atoms with Crippen LogP contribution in [0.4, 0.5) is 0 Å². The summed E-state index contributed by atoms with van der Waals surface area (Å²) >= 11 is 0. The van der Waals surface area contributed by atoms with E-state index in [1.54, 1.807) is 0 Å². The average Bonchev–Trinajstić information content (AvgIpc) is 2.84. The molecule has 2 heterocycles. The first-order valence-corrected chi connectivity index (χ1v) is 7.29. The van der Waals surface area contributed by atoms with E-state index >= 15 is 0 Å². The van der Waals surface area contributed by atoms with Gasteiger partial charge in [-0.25, -0.2) is 0 Å². The highest BCUT2D eigenvalue weighted by Gasteiger charge is 2.23. The zero-order valence-electron chi connectivity index (χ0n) is 12.5. The van der Waals surface area contributed by atoms with Gasteiger partial charge in [0.05, 0.1) is 0 Å². The van der Waals surface area contributed by atoms with E-state index in [2.05, 4.69) is 35.4 Å². The van der Waals surface area contributed by atoms with Gasteiger partial charge in [0.1, 0.15) is 11.5 Å². The third kappa shape index (κ3) is 4.34. The van der Waals surface area contributed by atoms with Gasteiger partial charge in [-0.3, -0.25) is 4.90 Å². The summed E-state index contributed by atoms with van der Waals surface area (Å²) in [5.74, 6) is 2.06. The van der Waals surface area contributed by atoms with E-state index in [1.807, 2.05) is 13.0 Å². The van der Waals surface area contributed by atoms with Crippen LogP contribution < -0.4 is 10.6 Å². The van der Waals surface area contributed by atoms with Crippen LogP contribution in [0.5, 0.6) is 0 Å². The monoisotopic (exact) mass is 265 g/mol. The maximum absolute atomic E-state index is 5.74. The third-order valence-corrected chi connectivity index (χ3v) is 3.79. The van der Waals surface area contributed by atoms with Crippen molar-refractivity contribution in [1.82, 2.24) is 15.5 Å². The maximum atomic E-state index is 5.74. The lowest BCUT2D eigenvalue weighted by Crippen LogP contribution is -2.46. The fraction of sp³-hybridized carbons (Fsp3) is 0.733. The summed E-state index contributed by atoms with van der Waals surface area (Å²) in [6.07, 6.45) is 0. The van der Waals surface area contributed by atoms with Gasteiger partial charge in [-0.15, -0.1) is 0 Å². The lowest BCUT2D eigenvalue weighted by atomic mass is 9.90. The molecule has 1 aliphatic rings. The van der Waals surface area contributed by atoms with E-state index in [1.165, 1.54) is 13.1 Å². The van der Waals surface area contributed by atoms with Gasteiger partial charge in [0.25, 0.3) is 0 Å². The second-order valence-electron chi connectivity index (χ2n) is 6.06. The van der Waals surface area contributed by atoms with E-state index in [9.17, 15) is 0 Å². The minimum atomic E-state index is 0.0533. The van der Waals surface area contributed by atoms with Crippen LogP contribution in [0.1, 0.15) is 25.4 Å². The van der Waals surface area contributed by atoms with Crippen molar-refractivity contribution in [2.24, 2.45) is 0 Å². The smallest absolute Gasteiger partial charge is 0.111 e. The second-order valence-corrected chi connectivity index (χ2v) is 6.06. The molecule has 1 saturated heterocycles. The first-order valence-electron chi connectivity index (χ1n) is 7.29. The molecule has 1 aromatic rings. The summed E-state index contributed by atoms with van der Waals surface area (Å²) < 4.78 is 5.74. The van der Waals surface area contributed by atoms with Crippen molar-refractivity contribution in [3.8, 4) is 0 Å². The number of nitrogens with one attached hydrogen (secondary N) is 2. The lowest BCUT2D eigenvalue weighted by molar-refractivity contribution is 0.238. The number of hydrogen-bond acceptors (Lipinski definition) is 4. The van der Waals surface area contributed by atoms with Crippen LogP contribution in [-0.4, -0.2) is 50.7 Å². The van der Waals surface area contributed by atoms with Gasteiger partial charge < -0.3 is 15.1 Å². The molecule has 4 nitrogen and oxygen atoms in total. The Morgan fingerprint density at radius 1 is 1.32 bits per heavy atom. The van der Waals surface area contributed by atoms with Crippen molar-refractivity contribution in [2.45, 2.75) is 26.2 Å². The van der Waals surface area contributed by atoms with Crippen molar-refractivity contribution in [2.75, 3.05) is 45.8 Å². The van der Waals surface area contributed by atoms with Crippen LogP contribution in [0.2, 0.25) is 0 Å². The van der Waals surface area contributed by atoms with Crippen molar-refractivity contribution < 1.29 is 4.42 Å². The van der Waals surface area contributed by atoms with Gasteiger partial charge >= 0.3 is 0 Å². The van der Waals surface area contributed by atoms with Gasteiger partial charge in [-0.2, -0.15) is 0 Å². The predicted molar refractivity (Wildman–Crippen MR) is 78.7 cm³/mol. The van der Waals surface area contributed by atoms with Crippen molar-refractivity contribution >= 4 is 0 Å². The Balaban J connectivity index is 1.69. The molecule has 0 unspecified atom stereocenters. The molecule has 0 bridgehead atoms. The molecule has 108 valence electrons. The Bertz CT molecular complexity index is 380. The molecule has 0 amide bonds. The summed E-state index contributed by atoms with van der Waals surface area (Å²) in [6, 6.07) is 4.13. The van der Waals surface area contributed by atoms with Gasteiger partial charge in [0.15, 0.2) is 0 Å². The van der Waals surface area contributed by atoms with Gasteiger partial charge in [0, 0.05) is 51.2 Å². The Labute approximate surface area is 116 Å². The number of nitrogens with zero attached hydrogens (tertiary/aromatic N) is 1. The normalized spacial score (nSPS) is 17.8. The molecule has 0 spiro atoms. The highest BCUT2D eigenvalue weighted by molar-refractivity contribution is 5.15. The largest absolute Gasteiger partial charge is 0.466 e. The number of aryl methyl sites for hydroxylation is 1. The minimum Gasteiger partial charge on any atom is -0.466 e. The quantitative estimate of drug-likeness (QED) is 0.762. The summed E-state index contributed by atoms with van der Waals surface area (Å²) in [5.41, 5.74) is 0.0533. The number of rotatable bonds is 6. The van der Waals surface area contributed by atoms with Gasteiger partial charge in [-0.1, -0.05) is 13.8 Å². The molecule has 0 radical (unpaired) electrons. The molecule has 0 aromatic carbocycles. The second kappa shape index (κ2) is 6.55. The van der Waals surface area contributed by atoms with Crippen molar-refractivity contribution in [3.63, 3.8) is 0 Å². The number of hydrogen-bond donors (Lipinski definition) is 2. The molecule has 4 heteroatoms. The van der Waals surface area contributed by atoms with E-state index in [0.29, 0.717) is 0 Å². The predicted octanol–water partition coefficient (Wildman–Crippen LogP) is 1.36. The highest BCUT2D eigenvalue weighted by atomic mass is 16.3. The molecule has 19 heavy (non-hydrogen) atoms. The van der Waals surface area contributed by atoms with E-state index in [-0.39, 0.29) is 5.41 Å². The number of furan rings is 1. The van der Waals surface area contributed by atoms with Crippen LogP contribution >= 0.6 is 0 Å². The molecule has 1 aliphatic heterocycles. The van der Waals surface area contributed by atoms with Crippen molar-refractivity contribution in [1.29, 1.82) is 0 Å². The molecule has 1 aromatic heterocycles. The van der Waals surface area contributed by atoms with E-state index < -0.39 is 0 Å². The van der Waals surface area contributed by atoms with Crippen LogP contribution in [-0.2, 0) is 5.41 Å². The molecule has 0 aliphatic carbocycles. The molecule has 2 N–H and O–H groups in total. The Hall–Kier alpha value is -0.840. The number of piperazine rings is 1. The SMILES string of the molecule is Cc1ccc(C(C)(C)CNCCN2CCNCC2)o1. The average molecular weight is 265 g/mol. The van der Waals surface area contributed by atoms with Crippen LogP contribution in [0.15, 0.2) is 16.5 Å². The molecular formula is C15H27N3O. The fourth-order valence-electron chi connectivity index (χ4n) is 2.46. The van der Waals surface area contributed by atoms with Crippen LogP contribution in [0.25, 0.3) is 0 Å². The standard InChI is InChI=1S/C15H27N3O/c1-13-4-5-14(19-13)15(2,3)12-17-8-11-18-9-6-16-7-10-18/h4-5,16-17H,6-12H2,1-3H3. The van der Waals surface area contributed by atoms with Crippen LogP contribution in [0.3, 0.4) is 0 Å². The Morgan fingerprint density at radius 3 is 2.68 bits per heavy atom. The van der Waals surface area contributed by atoms with Gasteiger partial charge in [0.2, 0.25) is 0 Å². The fourth-order valence-corrected chi connectivity index (χ4v) is 2.46.